The number of amides is 1. The van der Waals surface area contributed by atoms with E-state index in [1.165, 1.54) is 0 Å². The third-order valence-electron chi connectivity index (χ3n) is 3.27. The molecule has 96 valence electrons. The lowest BCUT2D eigenvalue weighted by atomic mass is 10.0. The largest absolute Gasteiger partial charge is 0.345 e. The van der Waals surface area contributed by atoms with Crippen LogP contribution in [0.1, 0.15) is 24.4 Å². The summed E-state index contributed by atoms with van der Waals surface area (Å²) in [5, 5.41) is 2.62. The smallest absolute Gasteiger partial charge is 0.207 e. The van der Waals surface area contributed by atoms with E-state index in [1.807, 2.05) is 30.3 Å². The zero-order chi connectivity index (χ0) is 12.8. The van der Waals surface area contributed by atoms with Gasteiger partial charge in [-0.25, -0.2) is 0 Å². The lowest BCUT2D eigenvalue weighted by molar-refractivity contribution is -0.124. The maximum absolute atomic E-state index is 12.2. The molecule has 1 aromatic rings. The van der Waals surface area contributed by atoms with E-state index < -0.39 is 6.04 Å². The summed E-state index contributed by atoms with van der Waals surface area (Å²) in [6.45, 7) is 2.38. The Labute approximate surface area is 107 Å². The summed E-state index contributed by atoms with van der Waals surface area (Å²) in [4.78, 5) is 25.0. The highest BCUT2D eigenvalue weighted by molar-refractivity contribution is 5.88. The molecule has 1 amide bonds. The standard InChI is InChI=1S/C14H18N2O2/c17-11-15-14(12-6-2-1-3-7-12)13(18)10-16-8-4-5-9-16/h1-3,6-7,11,14H,4-5,8-10H2,(H,15,17). The van der Waals surface area contributed by atoms with Crippen molar-refractivity contribution in [2.24, 2.45) is 0 Å². The predicted molar refractivity (Wildman–Crippen MR) is 69.1 cm³/mol. The third kappa shape index (κ3) is 3.17. The zero-order valence-corrected chi connectivity index (χ0v) is 10.3. The van der Waals surface area contributed by atoms with Crippen LogP contribution in [0.5, 0.6) is 0 Å². The van der Waals surface area contributed by atoms with Gasteiger partial charge in [-0.05, 0) is 31.5 Å². The van der Waals surface area contributed by atoms with E-state index in [9.17, 15) is 9.59 Å². The second kappa shape index (κ2) is 6.31. The van der Waals surface area contributed by atoms with Crippen LogP contribution in [0.3, 0.4) is 0 Å². The van der Waals surface area contributed by atoms with Crippen molar-refractivity contribution in [2.45, 2.75) is 18.9 Å². The minimum absolute atomic E-state index is 0.0511. The molecule has 18 heavy (non-hydrogen) atoms. The first kappa shape index (κ1) is 12.8. The van der Waals surface area contributed by atoms with Gasteiger partial charge in [0.05, 0.1) is 6.54 Å². The molecule has 4 nitrogen and oxygen atoms in total. The number of carbonyl (C=O) groups excluding carboxylic acids is 2. The van der Waals surface area contributed by atoms with Gasteiger partial charge >= 0.3 is 0 Å². The fraction of sp³-hybridized carbons (Fsp3) is 0.429. The maximum atomic E-state index is 12.2. The highest BCUT2D eigenvalue weighted by Gasteiger charge is 2.23. The van der Waals surface area contributed by atoms with Crippen molar-refractivity contribution in [3.05, 3.63) is 35.9 Å². The summed E-state index contributed by atoms with van der Waals surface area (Å²) >= 11 is 0. The van der Waals surface area contributed by atoms with E-state index in [2.05, 4.69) is 10.2 Å². The molecule has 1 N–H and O–H groups in total. The molecular weight excluding hydrogens is 228 g/mol. The fourth-order valence-corrected chi connectivity index (χ4v) is 2.34. The van der Waals surface area contributed by atoms with E-state index in [-0.39, 0.29) is 5.78 Å². The van der Waals surface area contributed by atoms with Gasteiger partial charge in [0.1, 0.15) is 6.04 Å². The van der Waals surface area contributed by atoms with Crippen LogP contribution in [-0.2, 0) is 9.59 Å². The Balaban J connectivity index is 2.04. The van der Waals surface area contributed by atoms with Crippen LogP contribution in [0, 0.1) is 0 Å². The average Bonchev–Trinajstić information content (AvgIpc) is 2.89. The first-order chi connectivity index (χ1) is 8.81. The number of carbonyl (C=O) groups is 2. The zero-order valence-electron chi connectivity index (χ0n) is 10.3. The van der Waals surface area contributed by atoms with Crippen molar-refractivity contribution < 1.29 is 9.59 Å². The van der Waals surface area contributed by atoms with Gasteiger partial charge in [0.15, 0.2) is 5.78 Å². The molecule has 0 aromatic heterocycles. The van der Waals surface area contributed by atoms with Gasteiger partial charge in [0.25, 0.3) is 0 Å². The first-order valence-corrected chi connectivity index (χ1v) is 6.31. The minimum Gasteiger partial charge on any atom is -0.345 e. The van der Waals surface area contributed by atoms with Gasteiger partial charge < -0.3 is 5.32 Å². The molecule has 0 bridgehead atoms. The van der Waals surface area contributed by atoms with Gasteiger partial charge in [-0.2, -0.15) is 0 Å². The van der Waals surface area contributed by atoms with Gasteiger partial charge in [-0.3, -0.25) is 14.5 Å². The van der Waals surface area contributed by atoms with Crippen molar-refractivity contribution in [2.75, 3.05) is 19.6 Å². The number of ketones is 1. The summed E-state index contributed by atoms with van der Waals surface area (Å²) < 4.78 is 0. The second-order valence-electron chi connectivity index (χ2n) is 4.58. The molecule has 1 aliphatic rings. The van der Waals surface area contributed by atoms with E-state index in [0.717, 1.165) is 31.5 Å². The lowest BCUT2D eigenvalue weighted by Gasteiger charge is -2.19. The van der Waals surface area contributed by atoms with Crippen LogP contribution in [0.2, 0.25) is 0 Å². The van der Waals surface area contributed by atoms with Crippen LogP contribution < -0.4 is 5.32 Å². The highest BCUT2D eigenvalue weighted by atomic mass is 16.1. The highest BCUT2D eigenvalue weighted by Crippen LogP contribution is 2.15. The number of rotatable bonds is 6. The summed E-state index contributed by atoms with van der Waals surface area (Å²) in [7, 11) is 0. The molecule has 0 spiro atoms. The van der Waals surface area contributed by atoms with E-state index in [4.69, 9.17) is 0 Å². The number of likely N-dealkylation sites (tertiary alicyclic amines) is 1. The van der Waals surface area contributed by atoms with Crippen molar-refractivity contribution in [3.63, 3.8) is 0 Å². The van der Waals surface area contributed by atoms with E-state index in [1.54, 1.807) is 0 Å². The SMILES string of the molecule is O=CNC(C(=O)CN1CCCC1)c1ccccc1. The normalized spacial score (nSPS) is 17.3. The Hall–Kier alpha value is -1.68. The van der Waals surface area contributed by atoms with Gasteiger partial charge in [-0.15, -0.1) is 0 Å². The summed E-state index contributed by atoms with van der Waals surface area (Å²) in [5.74, 6) is 0.0511. The van der Waals surface area contributed by atoms with Gasteiger partial charge in [-0.1, -0.05) is 30.3 Å². The molecule has 1 fully saturated rings. The number of nitrogens with one attached hydrogen (secondary N) is 1. The molecule has 0 aliphatic carbocycles. The molecule has 1 aliphatic heterocycles. The fourth-order valence-electron chi connectivity index (χ4n) is 2.34. The molecule has 0 radical (unpaired) electrons. The number of Topliss-reactive ketones (excluding diaryl/α,β-unsaturated/α-hetero) is 1. The first-order valence-electron chi connectivity index (χ1n) is 6.31. The van der Waals surface area contributed by atoms with Crippen LogP contribution in [0.4, 0.5) is 0 Å². The Morgan fingerprint density at radius 1 is 1.28 bits per heavy atom. The second-order valence-corrected chi connectivity index (χ2v) is 4.58. The number of benzene rings is 1. The summed E-state index contributed by atoms with van der Waals surface area (Å²) in [6.07, 6.45) is 2.91. The van der Waals surface area contributed by atoms with E-state index >= 15 is 0 Å². The Kier molecular flexibility index (Phi) is 4.47. The van der Waals surface area contributed by atoms with Crippen LogP contribution in [0.15, 0.2) is 30.3 Å². The van der Waals surface area contributed by atoms with Crippen molar-refractivity contribution in [1.82, 2.24) is 10.2 Å². The quantitative estimate of drug-likeness (QED) is 0.766. The molecule has 1 aromatic carbocycles. The molecule has 1 atom stereocenters. The van der Waals surface area contributed by atoms with Gasteiger partial charge in [0.2, 0.25) is 6.41 Å². The molecule has 0 saturated carbocycles. The Bertz CT molecular complexity index is 400. The topological polar surface area (TPSA) is 49.4 Å². The van der Waals surface area contributed by atoms with E-state index in [0.29, 0.717) is 13.0 Å². The van der Waals surface area contributed by atoms with Crippen LogP contribution in [0.25, 0.3) is 0 Å². The van der Waals surface area contributed by atoms with Crippen molar-refractivity contribution in [1.29, 1.82) is 0 Å². The molecule has 1 heterocycles. The lowest BCUT2D eigenvalue weighted by Crippen LogP contribution is -2.36. The average molecular weight is 246 g/mol. The monoisotopic (exact) mass is 246 g/mol. The summed E-state index contributed by atoms with van der Waals surface area (Å²) in [6, 6.07) is 8.85. The Morgan fingerprint density at radius 2 is 1.94 bits per heavy atom. The number of hydrogen-bond acceptors (Lipinski definition) is 3. The predicted octanol–water partition coefficient (Wildman–Crippen LogP) is 1.14. The third-order valence-corrected chi connectivity index (χ3v) is 3.27. The van der Waals surface area contributed by atoms with Crippen LogP contribution >= 0.6 is 0 Å². The van der Waals surface area contributed by atoms with Crippen molar-refractivity contribution in [3.8, 4) is 0 Å². The molecule has 1 saturated heterocycles. The van der Waals surface area contributed by atoms with Gasteiger partial charge in [0, 0.05) is 0 Å². The molecular formula is C14H18N2O2. The minimum atomic E-state index is -0.524. The van der Waals surface area contributed by atoms with Crippen molar-refractivity contribution >= 4 is 12.2 Å². The molecule has 2 rings (SSSR count). The summed E-state index contributed by atoms with van der Waals surface area (Å²) in [5.41, 5.74) is 0.841. The Morgan fingerprint density at radius 3 is 2.56 bits per heavy atom. The number of nitrogens with zero attached hydrogens (tertiary/aromatic N) is 1. The maximum Gasteiger partial charge on any atom is 0.207 e. The van der Waals surface area contributed by atoms with Crippen LogP contribution in [-0.4, -0.2) is 36.7 Å². The number of hydrogen-bond donors (Lipinski definition) is 1. The molecule has 4 heteroatoms. The molecule has 1 unspecified atom stereocenters.